The second-order valence-electron chi connectivity index (χ2n) is 6.08. The van der Waals surface area contributed by atoms with Crippen LogP contribution in [-0.2, 0) is 0 Å². The summed E-state index contributed by atoms with van der Waals surface area (Å²) in [7, 11) is 0. The third kappa shape index (κ3) is 4.45. The van der Waals surface area contributed by atoms with Crippen molar-refractivity contribution in [2.45, 2.75) is 13.0 Å². The molecule has 1 aromatic heterocycles. The summed E-state index contributed by atoms with van der Waals surface area (Å²) in [5.74, 6) is 0.784. The number of carbonyl (C=O) groups excluding carboxylic acids is 1. The molecule has 1 amide bonds. The lowest BCUT2D eigenvalue weighted by Crippen LogP contribution is -2.12. The summed E-state index contributed by atoms with van der Waals surface area (Å²) in [5, 5.41) is 4.72. The molecule has 0 atom stereocenters. The van der Waals surface area contributed by atoms with Crippen molar-refractivity contribution < 1.29 is 27.8 Å². The van der Waals surface area contributed by atoms with Crippen molar-refractivity contribution in [2.24, 2.45) is 0 Å². The molecule has 9 heteroatoms. The average molecular weight is 418 g/mol. The van der Waals surface area contributed by atoms with E-state index in [9.17, 15) is 13.6 Å². The minimum absolute atomic E-state index is 0.0218. The summed E-state index contributed by atoms with van der Waals surface area (Å²) in [6.45, 7) is -1.85. The Balaban J connectivity index is 1.51. The van der Waals surface area contributed by atoms with Crippen molar-refractivity contribution in [1.29, 1.82) is 0 Å². The van der Waals surface area contributed by atoms with Crippen molar-refractivity contribution in [3.8, 4) is 28.5 Å². The number of nitrogens with zero attached hydrogens (tertiary/aromatic N) is 1. The fourth-order valence-electron chi connectivity index (χ4n) is 2.81. The van der Waals surface area contributed by atoms with Crippen molar-refractivity contribution in [2.75, 3.05) is 18.5 Å². The van der Waals surface area contributed by atoms with Gasteiger partial charge in [-0.15, -0.1) is 11.3 Å². The molecule has 29 heavy (non-hydrogen) atoms. The van der Waals surface area contributed by atoms with Crippen LogP contribution >= 0.6 is 11.3 Å². The molecule has 2 aromatic carbocycles. The first-order valence-corrected chi connectivity index (χ1v) is 9.69. The van der Waals surface area contributed by atoms with Crippen LogP contribution in [0.15, 0.2) is 47.8 Å². The van der Waals surface area contributed by atoms with Crippen LogP contribution in [0, 0.1) is 0 Å². The molecular formula is C20H16F2N2O4S. The van der Waals surface area contributed by atoms with Gasteiger partial charge in [-0.2, -0.15) is 8.78 Å². The minimum Gasteiger partial charge on any atom is -0.490 e. The molecular weight excluding hydrogens is 402 g/mol. The molecule has 0 bridgehead atoms. The van der Waals surface area contributed by atoms with Crippen LogP contribution in [0.5, 0.6) is 17.2 Å². The van der Waals surface area contributed by atoms with E-state index in [1.165, 1.54) is 17.4 Å². The zero-order valence-corrected chi connectivity index (χ0v) is 15.9. The maximum atomic E-state index is 12.6. The van der Waals surface area contributed by atoms with Gasteiger partial charge < -0.3 is 14.2 Å². The Morgan fingerprint density at radius 1 is 1.14 bits per heavy atom. The molecule has 4 rings (SSSR count). The molecule has 150 valence electrons. The average Bonchev–Trinajstić information content (AvgIpc) is 3.03. The van der Waals surface area contributed by atoms with E-state index >= 15 is 0 Å². The number of nitrogens with one attached hydrogen (secondary N) is 1. The fraction of sp³-hybridized carbons (Fsp3) is 0.200. The van der Waals surface area contributed by atoms with Crippen LogP contribution in [-0.4, -0.2) is 30.7 Å². The van der Waals surface area contributed by atoms with Crippen LogP contribution in [0.2, 0.25) is 0 Å². The van der Waals surface area contributed by atoms with Gasteiger partial charge in [0.2, 0.25) is 0 Å². The Labute approximate surface area is 169 Å². The summed E-state index contributed by atoms with van der Waals surface area (Å²) in [5.41, 5.74) is 1.24. The lowest BCUT2D eigenvalue weighted by Gasteiger charge is -2.09. The number of carbonyl (C=O) groups is 1. The summed E-state index contributed by atoms with van der Waals surface area (Å²) < 4.78 is 40.9. The smallest absolute Gasteiger partial charge is 0.387 e. The third-order valence-electron chi connectivity index (χ3n) is 4.11. The number of anilines is 1. The number of thiazole rings is 1. The van der Waals surface area contributed by atoms with Gasteiger partial charge in [0.15, 0.2) is 16.6 Å². The molecule has 2 heterocycles. The molecule has 0 fully saturated rings. The van der Waals surface area contributed by atoms with Crippen LogP contribution in [0.4, 0.5) is 13.9 Å². The standard InChI is InChI=1S/C20H16F2N2O4S/c21-19(22)28-15-5-2-1-4-13(15)14-11-29-20(23-14)24-18(25)12-6-7-16-17(10-12)27-9-3-8-26-16/h1-2,4-7,10-11,19H,3,8-9H2,(H,23,24,25). The largest absolute Gasteiger partial charge is 0.490 e. The van der Waals surface area contributed by atoms with E-state index in [0.29, 0.717) is 46.7 Å². The number of halogens is 2. The number of hydrogen-bond acceptors (Lipinski definition) is 6. The van der Waals surface area contributed by atoms with Crippen molar-refractivity contribution in [3.63, 3.8) is 0 Å². The predicted molar refractivity (Wildman–Crippen MR) is 104 cm³/mol. The predicted octanol–water partition coefficient (Wildman–Crippen LogP) is 4.83. The summed E-state index contributed by atoms with van der Waals surface area (Å²) in [6.07, 6.45) is 0.773. The Kier molecular flexibility index (Phi) is 5.57. The van der Waals surface area contributed by atoms with Crippen LogP contribution < -0.4 is 19.5 Å². The van der Waals surface area contributed by atoms with Crippen molar-refractivity contribution >= 4 is 22.4 Å². The zero-order chi connectivity index (χ0) is 20.2. The Morgan fingerprint density at radius 2 is 1.93 bits per heavy atom. The highest BCUT2D eigenvalue weighted by atomic mass is 32.1. The maximum Gasteiger partial charge on any atom is 0.387 e. The molecule has 6 nitrogen and oxygen atoms in total. The van der Waals surface area contributed by atoms with Gasteiger partial charge in [0.05, 0.1) is 18.9 Å². The van der Waals surface area contributed by atoms with Gasteiger partial charge >= 0.3 is 6.61 Å². The van der Waals surface area contributed by atoms with Gasteiger partial charge in [-0.05, 0) is 30.3 Å². The van der Waals surface area contributed by atoms with E-state index in [4.69, 9.17) is 9.47 Å². The Bertz CT molecular complexity index is 1030. The van der Waals surface area contributed by atoms with E-state index in [1.54, 1.807) is 41.8 Å². The molecule has 0 saturated heterocycles. The van der Waals surface area contributed by atoms with Gasteiger partial charge in [-0.3, -0.25) is 10.1 Å². The van der Waals surface area contributed by atoms with Gasteiger partial charge in [0, 0.05) is 22.9 Å². The number of alkyl halides is 2. The highest BCUT2D eigenvalue weighted by molar-refractivity contribution is 7.14. The highest BCUT2D eigenvalue weighted by Gasteiger charge is 2.17. The van der Waals surface area contributed by atoms with E-state index in [-0.39, 0.29) is 11.7 Å². The molecule has 0 spiro atoms. The molecule has 1 N–H and O–H groups in total. The fourth-order valence-corrected chi connectivity index (χ4v) is 3.51. The second-order valence-corrected chi connectivity index (χ2v) is 6.94. The van der Waals surface area contributed by atoms with Crippen molar-refractivity contribution in [3.05, 3.63) is 53.4 Å². The first-order valence-electron chi connectivity index (χ1n) is 8.81. The third-order valence-corrected chi connectivity index (χ3v) is 4.87. The molecule has 1 aliphatic rings. The number of aromatic nitrogens is 1. The maximum absolute atomic E-state index is 12.6. The van der Waals surface area contributed by atoms with E-state index in [0.717, 1.165) is 6.42 Å². The molecule has 0 radical (unpaired) electrons. The Hall–Kier alpha value is -3.20. The second kappa shape index (κ2) is 8.44. The Morgan fingerprint density at radius 3 is 2.76 bits per heavy atom. The monoisotopic (exact) mass is 418 g/mol. The lowest BCUT2D eigenvalue weighted by atomic mass is 10.1. The number of benzene rings is 2. The summed E-state index contributed by atoms with van der Waals surface area (Å²) in [6, 6.07) is 11.3. The number of fused-ring (bicyclic) bond motifs is 1. The van der Waals surface area contributed by atoms with Crippen molar-refractivity contribution in [1.82, 2.24) is 4.98 Å². The quantitative estimate of drug-likeness (QED) is 0.643. The lowest BCUT2D eigenvalue weighted by molar-refractivity contribution is -0.0494. The van der Waals surface area contributed by atoms with E-state index in [2.05, 4.69) is 15.0 Å². The number of rotatable bonds is 5. The van der Waals surface area contributed by atoms with Gasteiger partial charge in [-0.1, -0.05) is 12.1 Å². The number of hydrogen-bond donors (Lipinski definition) is 1. The number of ether oxygens (including phenoxy) is 3. The van der Waals surface area contributed by atoms with Gasteiger partial charge in [-0.25, -0.2) is 4.98 Å². The van der Waals surface area contributed by atoms with Crippen LogP contribution in [0.1, 0.15) is 16.8 Å². The number of amides is 1. The molecule has 3 aromatic rings. The minimum atomic E-state index is -2.94. The zero-order valence-electron chi connectivity index (χ0n) is 15.1. The van der Waals surface area contributed by atoms with Crippen LogP contribution in [0.25, 0.3) is 11.3 Å². The first kappa shape index (κ1) is 19.1. The topological polar surface area (TPSA) is 69.7 Å². The SMILES string of the molecule is O=C(Nc1nc(-c2ccccc2OC(F)F)cs1)c1ccc2c(c1)OCCCO2. The molecule has 1 aliphatic heterocycles. The normalized spacial score (nSPS) is 13.1. The molecule has 0 saturated carbocycles. The summed E-state index contributed by atoms with van der Waals surface area (Å²) in [4.78, 5) is 16.9. The first-order chi connectivity index (χ1) is 14.1. The molecule has 0 unspecified atom stereocenters. The van der Waals surface area contributed by atoms with E-state index in [1.807, 2.05) is 0 Å². The van der Waals surface area contributed by atoms with Crippen LogP contribution in [0.3, 0.4) is 0 Å². The molecule has 0 aliphatic carbocycles. The highest BCUT2D eigenvalue weighted by Crippen LogP contribution is 2.34. The van der Waals surface area contributed by atoms with E-state index < -0.39 is 6.61 Å². The number of para-hydroxylation sites is 1. The summed E-state index contributed by atoms with van der Waals surface area (Å²) >= 11 is 1.19. The van der Waals surface area contributed by atoms with Gasteiger partial charge in [0.25, 0.3) is 5.91 Å². The van der Waals surface area contributed by atoms with Gasteiger partial charge in [0.1, 0.15) is 5.75 Å².